The minimum absolute atomic E-state index is 0.0644. The van der Waals surface area contributed by atoms with E-state index in [0.29, 0.717) is 0 Å². The zero-order chi connectivity index (χ0) is 20.3. The second-order valence-electron chi connectivity index (χ2n) is 6.14. The molecule has 2 heterocycles. The van der Waals surface area contributed by atoms with E-state index in [0.717, 1.165) is 17.0 Å². The molecule has 3 rings (SSSR count). The van der Waals surface area contributed by atoms with Crippen molar-refractivity contribution in [2.24, 2.45) is 5.92 Å². The largest absolute Gasteiger partial charge is 0.416 e. The highest BCUT2D eigenvalue weighted by Gasteiger charge is 2.37. The van der Waals surface area contributed by atoms with Gasteiger partial charge in [0.25, 0.3) is 5.91 Å². The first-order valence-electron chi connectivity index (χ1n) is 8.23. The zero-order valence-corrected chi connectivity index (χ0v) is 14.4. The van der Waals surface area contributed by atoms with Crippen molar-refractivity contribution in [3.63, 3.8) is 0 Å². The highest BCUT2D eigenvalue weighted by Crippen LogP contribution is 2.33. The Kier molecular flexibility index (Phi) is 5.30. The van der Waals surface area contributed by atoms with Crippen LogP contribution in [0.4, 0.5) is 18.9 Å². The van der Waals surface area contributed by atoms with Crippen molar-refractivity contribution in [3.8, 4) is 0 Å². The molecule has 0 bridgehead atoms. The molecule has 1 aliphatic rings. The predicted molar refractivity (Wildman–Crippen MR) is 91.7 cm³/mol. The number of alkyl halides is 3. The molecule has 0 aliphatic carbocycles. The zero-order valence-electron chi connectivity index (χ0n) is 14.4. The van der Waals surface area contributed by atoms with E-state index in [9.17, 15) is 27.6 Å². The van der Waals surface area contributed by atoms with Crippen LogP contribution < -0.4 is 15.8 Å². The summed E-state index contributed by atoms with van der Waals surface area (Å²) in [6.07, 6.45) is -1.91. The fourth-order valence-corrected chi connectivity index (χ4v) is 2.77. The molecule has 1 unspecified atom stereocenters. The van der Waals surface area contributed by atoms with Crippen molar-refractivity contribution in [2.75, 3.05) is 11.4 Å². The van der Waals surface area contributed by atoms with Gasteiger partial charge in [0.2, 0.25) is 11.8 Å². The van der Waals surface area contributed by atoms with Crippen molar-refractivity contribution >= 4 is 23.4 Å². The lowest BCUT2D eigenvalue weighted by Crippen LogP contribution is -2.45. The molecular weight excluding hydrogens is 377 g/mol. The molecule has 7 nitrogen and oxygen atoms in total. The topological polar surface area (TPSA) is 91.4 Å². The third kappa shape index (κ3) is 4.27. The predicted octanol–water partition coefficient (Wildman–Crippen LogP) is 1.91. The maximum Gasteiger partial charge on any atom is 0.416 e. The van der Waals surface area contributed by atoms with Crippen molar-refractivity contribution in [1.82, 2.24) is 15.8 Å². The first kappa shape index (κ1) is 19.3. The van der Waals surface area contributed by atoms with Crippen molar-refractivity contribution in [2.45, 2.75) is 12.6 Å². The average Bonchev–Trinajstić information content (AvgIpc) is 3.08. The molecule has 1 aromatic heterocycles. The number of pyridine rings is 1. The van der Waals surface area contributed by atoms with Crippen LogP contribution in [0.5, 0.6) is 0 Å². The monoisotopic (exact) mass is 392 g/mol. The van der Waals surface area contributed by atoms with E-state index in [2.05, 4.69) is 15.8 Å². The van der Waals surface area contributed by atoms with Crippen LogP contribution in [0, 0.1) is 5.92 Å². The summed E-state index contributed by atoms with van der Waals surface area (Å²) in [6, 6.07) is 7.40. The van der Waals surface area contributed by atoms with Crippen LogP contribution >= 0.6 is 0 Å². The van der Waals surface area contributed by atoms with Gasteiger partial charge in [0, 0.05) is 31.0 Å². The molecule has 1 aliphatic heterocycles. The Labute approximate surface area is 157 Å². The van der Waals surface area contributed by atoms with Gasteiger partial charge in [-0.25, -0.2) is 0 Å². The van der Waals surface area contributed by atoms with Gasteiger partial charge < -0.3 is 4.90 Å². The molecule has 0 spiro atoms. The van der Waals surface area contributed by atoms with Crippen LogP contribution in [0.3, 0.4) is 0 Å². The Morgan fingerprint density at radius 2 is 1.93 bits per heavy atom. The Balaban J connectivity index is 1.63. The highest BCUT2D eigenvalue weighted by molar-refractivity contribution is 6.01. The van der Waals surface area contributed by atoms with Gasteiger partial charge >= 0.3 is 6.18 Å². The maximum absolute atomic E-state index is 12.9. The fraction of sp³-hybridized carbons (Fsp3) is 0.222. The summed E-state index contributed by atoms with van der Waals surface area (Å²) in [7, 11) is 0. The number of hydrogen-bond acceptors (Lipinski definition) is 4. The van der Waals surface area contributed by atoms with Gasteiger partial charge in [0.15, 0.2) is 0 Å². The number of nitrogens with one attached hydrogen (secondary N) is 2. The van der Waals surface area contributed by atoms with E-state index in [-0.39, 0.29) is 24.2 Å². The average molecular weight is 392 g/mol. The smallest absolute Gasteiger partial charge is 0.312 e. The van der Waals surface area contributed by atoms with Gasteiger partial charge in [-0.15, -0.1) is 0 Å². The van der Waals surface area contributed by atoms with Crippen LogP contribution in [0.25, 0.3) is 0 Å². The quantitative estimate of drug-likeness (QED) is 0.781. The lowest BCUT2D eigenvalue weighted by atomic mass is 10.1. The van der Waals surface area contributed by atoms with Crippen LogP contribution in [0.15, 0.2) is 48.8 Å². The van der Waals surface area contributed by atoms with E-state index in [1.807, 2.05) is 0 Å². The molecular formula is C18H15F3N4O3. The van der Waals surface area contributed by atoms with Crippen LogP contribution in [0.1, 0.15) is 22.3 Å². The maximum atomic E-state index is 12.9. The van der Waals surface area contributed by atoms with Gasteiger partial charge in [-0.05, 0) is 30.3 Å². The summed E-state index contributed by atoms with van der Waals surface area (Å²) >= 11 is 0. The molecule has 146 valence electrons. The molecule has 3 amide bonds. The minimum Gasteiger partial charge on any atom is -0.312 e. The normalized spacial score (nSPS) is 16.8. The van der Waals surface area contributed by atoms with E-state index >= 15 is 0 Å². The number of carbonyl (C=O) groups is 3. The molecule has 1 aromatic carbocycles. The number of hydrogen-bond donors (Lipinski definition) is 2. The van der Waals surface area contributed by atoms with Gasteiger partial charge in [0.1, 0.15) is 0 Å². The van der Waals surface area contributed by atoms with Gasteiger partial charge in [-0.3, -0.25) is 30.2 Å². The van der Waals surface area contributed by atoms with Gasteiger partial charge in [-0.1, -0.05) is 6.07 Å². The molecule has 2 aromatic rings. The number of benzene rings is 1. The molecule has 1 atom stereocenters. The third-order valence-corrected chi connectivity index (χ3v) is 4.20. The number of aromatic nitrogens is 1. The number of rotatable bonds is 3. The number of anilines is 1. The Morgan fingerprint density at radius 3 is 2.61 bits per heavy atom. The van der Waals surface area contributed by atoms with E-state index in [4.69, 9.17) is 0 Å². The van der Waals surface area contributed by atoms with Crippen molar-refractivity contribution < 1.29 is 27.6 Å². The van der Waals surface area contributed by atoms with E-state index in [1.165, 1.54) is 30.6 Å². The molecule has 2 N–H and O–H groups in total. The fourth-order valence-electron chi connectivity index (χ4n) is 2.77. The van der Waals surface area contributed by atoms with E-state index < -0.39 is 35.4 Å². The van der Waals surface area contributed by atoms with Crippen LogP contribution in [0.2, 0.25) is 0 Å². The summed E-state index contributed by atoms with van der Waals surface area (Å²) in [6.45, 7) is -0.0886. The van der Waals surface area contributed by atoms with Crippen LogP contribution in [-0.2, 0) is 15.8 Å². The molecule has 1 saturated heterocycles. The molecule has 0 radical (unpaired) electrons. The first-order chi connectivity index (χ1) is 13.3. The lowest BCUT2D eigenvalue weighted by molar-refractivity contribution is -0.137. The molecule has 1 fully saturated rings. The number of nitrogens with zero attached hydrogens (tertiary/aromatic N) is 2. The Hall–Kier alpha value is -3.43. The summed E-state index contributed by atoms with van der Waals surface area (Å²) < 4.78 is 38.6. The summed E-state index contributed by atoms with van der Waals surface area (Å²) in [5, 5.41) is 0. The summed E-state index contributed by atoms with van der Waals surface area (Å²) in [5.41, 5.74) is 3.86. The van der Waals surface area contributed by atoms with Crippen molar-refractivity contribution in [3.05, 3.63) is 59.9 Å². The van der Waals surface area contributed by atoms with Gasteiger partial charge in [-0.2, -0.15) is 13.2 Å². The third-order valence-electron chi connectivity index (χ3n) is 4.20. The minimum atomic E-state index is -4.54. The first-order valence-corrected chi connectivity index (χ1v) is 8.23. The number of amides is 3. The number of hydrazine groups is 1. The molecule has 0 saturated carbocycles. The number of halogens is 3. The second kappa shape index (κ2) is 7.67. The van der Waals surface area contributed by atoms with Crippen molar-refractivity contribution in [1.29, 1.82) is 0 Å². The summed E-state index contributed by atoms with van der Waals surface area (Å²) in [5.74, 6) is -2.48. The second-order valence-corrected chi connectivity index (χ2v) is 6.14. The molecule has 28 heavy (non-hydrogen) atoms. The Bertz CT molecular complexity index is 902. The van der Waals surface area contributed by atoms with E-state index in [1.54, 1.807) is 6.07 Å². The van der Waals surface area contributed by atoms with Crippen LogP contribution in [-0.4, -0.2) is 29.3 Å². The number of carbonyl (C=O) groups excluding carboxylic acids is 3. The SMILES string of the molecule is O=C(NNC(=O)C1CC(=O)N(c2cccc(C(F)(F)F)c2)C1)c1cccnc1. The lowest BCUT2D eigenvalue weighted by Gasteiger charge is -2.18. The van der Waals surface area contributed by atoms with Gasteiger partial charge in [0.05, 0.1) is 17.0 Å². The summed E-state index contributed by atoms with van der Waals surface area (Å²) in [4.78, 5) is 41.2. The standard InChI is InChI=1S/C18H15F3N4O3/c19-18(20,21)13-4-1-5-14(8-13)25-10-12(7-15(25)26)17(28)24-23-16(27)11-3-2-6-22-9-11/h1-6,8-9,12H,7,10H2,(H,23,27)(H,24,28). The highest BCUT2D eigenvalue weighted by atomic mass is 19.4. The Morgan fingerprint density at radius 1 is 1.14 bits per heavy atom. The molecule has 10 heteroatoms.